The fourth-order valence-corrected chi connectivity index (χ4v) is 4.09. The van der Waals surface area contributed by atoms with Gasteiger partial charge in [-0.1, -0.05) is 25.0 Å². The van der Waals surface area contributed by atoms with Crippen molar-refractivity contribution >= 4 is 16.8 Å². The second-order valence-electron chi connectivity index (χ2n) is 7.04. The first kappa shape index (κ1) is 14.8. The van der Waals surface area contributed by atoms with Crippen molar-refractivity contribution in [1.29, 1.82) is 0 Å². The highest BCUT2D eigenvalue weighted by Gasteiger charge is 2.28. The Hall–Kier alpha value is -1.81. The third kappa shape index (κ3) is 2.88. The van der Waals surface area contributed by atoms with Crippen LogP contribution in [0.2, 0.25) is 0 Å². The average molecular weight is 311 g/mol. The van der Waals surface area contributed by atoms with E-state index in [2.05, 4.69) is 35.0 Å². The smallest absolute Gasteiger partial charge is 0.270 e. The highest BCUT2D eigenvalue weighted by Crippen LogP contribution is 2.25. The van der Waals surface area contributed by atoms with E-state index in [1.165, 1.54) is 31.2 Å². The topological polar surface area (TPSA) is 39.3 Å². The quantitative estimate of drug-likeness (QED) is 0.925. The van der Waals surface area contributed by atoms with Gasteiger partial charge in [0.05, 0.1) is 0 Å². The molecule has 1 saturated carbocycles. The summed E-state index contributed by atoms with van der Waals surface area (Å²) in [6, 6.07) is 9.02. The maximum atomic E-state index is 12.8. The molecule has 2 heterocycles. The monoisotopic (exact) mass is 311 g/mol. The van der Waals surface area contributed by atoms with Crippen molar-refractivity contribution in [2.24, 2.45) is 0 Å². The average Bonchev–Trinajstić information content (AvgIpc) is 3.23. The lowest BCUT2D eigenvalue weighted by Crippen LogP contribution is -2.51. The summed E-state index contributed by atoms with van der Waals surface area (Å²) in [7, 11) is 0. The number of hydrogen-bond donors (Lipinski definition) is 1. The first-order valence-corrected chi connectivity index (χ1v) is 8.83. The fourth-order valence-electron chi connectivity index (χ4n) is 4.09. The second-order valence-corrected chi connectivity index (χ2v) is 7.04. The van der Waals surface area contributed by atoms with E-state index in [9.17, 15) is 4.79 Å². The molecule has 2 aliphatic rings. The minimum Gasteiger partial charge on any atom is -0.351 e. The van der Waals surface area contributed by atoms with E-state index in [-0.39, 0.29) is 5.91 Å². The van der Waals surface area contributed by atoms with Gasteiger partial charge in [-0.05, 0) is 37.5 Å². The molecule has 1 aromatic carbocycles. The number of aryl methyl sites for hydroxylation is 1. The van der Waals surface area contributed by atoms with Crippen molar-refractivity contribution in [2.75, 3.05) is 26.2 Å². The van der Waals surface area contributed by atoms with Crippen LogP contribution in [-0.2, 0) is 0 Å². The Balaban J connectivity index is 1.44. The molecule has 2 aromatic rings. The van der Waals surface area contributed by atoms with E-state index >= 15 is 0 Å². The normalized spacial score (nSPS) is 20.5. The molecule has 0 spiro atoms. The molecular weight excluding hydrogens is 286 g/mol. The minimum atomic E-state index is 0.143. The van der Waals surface area contributed by atoms with Crippen LogP contribution in [0.4, 0.5) is 0 Å². The van der Waals surface area contributed by atoms with Gasteiger partial charge >= 0.3 is 0 Å². The molecule has 1 saturated heterocycles. The Morgan fingerprint density at radius 1 is 1.09 bits per heavy atom. The van der Waals surface area contributed by atoms with Gasteiger partial charge in [-0.2, -0.15) is 0 Å². The molecule has 122 valence electrons. The summed E-state index contributed by atoms with van der Waals surface area (Å²) in [5.74, 6) is 0.143. The Morgan fingerprint density at radius 3 is 2.57 bits per heavy atom. The molecule has 0 atom stereocenters. The van der Waals surface area contributed by atoms with E-state index in [1.54, 1.807) is 0 Å². The van der Waals surface area contributed by atoms with Crippen LogP contribution < -0.4 is 0 Å². The highest BCUT2D eigenvalue weighted by atomic mass is 16.2. The first-order valence-electron chi connectivity index (χ1n) is 8.83. The molecule has 0 radical (unpaired) electrons. The van der Waals surface area contributed by atoms with Crippen LogP contribution in [0.15, 0.2) is 24.3 Å². The predicted octanol–water partition coefficient (Wildman–Crippen LogP) is 3.18. The van der Waals surface area contributed by atoms with Crippen molar-refractivity contribution < 1.29 is 4.79 Å². The zero-order valence-corrected chi connectivity index (χ0v) is 13.8. The number of nitrogens with one attached hydrogen (secondary N) is 1. The van der Waals surface area contributed by atoms with Crippen molar-refractivity contribution in [1.82, 2.24) is 14.8 Å². The molecule has 2 fully saturated rings. The SMILES string of the molecule is Cc1ccc2cc(C(=O)N3CCN(C4CCCC4)CC3)[nH]c2c1. The summed E-state index contributed by atoms with van der Waals surface area (Å²) in [6.07, 6.45) is 5.43. The Kier molecular flexibility index (Phi) is 3.85. The van der Waals surface area contributed by atoms with Gasteiger partial charge in [0, 0.05) is 43.1 Å². The Labute approximate surface area is 137 Å². The van der Waals surface area contributed by atoms with Gasteiger partial charge in [0.1, 0.15) is 5.69 Å². The Morgan fingerprint density at radius 2 is 1.83 bits per heavy atom. The van der Waals surface area contributed by atoms with Crippen LogP contribution in [0.5, 0.6) is 0 Å². The van der Waals surface area contributed by atoms with E-state index in [4.69, 9.17) is 0 Å². The van der Waals surface area contributed by atoms with Crippen molar-refractivity contribution in [3.63, 3.8) is 0 Å². The summed E-state index contributed by atoms with van der Waals surface area (Å²) < 4.78 is 0. The number of aromatic amines is 1. The number of rotatable bonds is 2. The molecule has 4 heteroatoms. The van der Waals surface area contributed by atoms with Gasteiger partial charge in [0.2, 0.25) is 0 Å². The number of aromatic nitrogens is 1. The molecule has 1 N–H and O–H groups in total. The molecule has 0 unspecified atom stereocenters. The van der Waals surface area contributed by atoms with Gasteiger partial charge < -0.3 is 9.88 Å². The number of carbonyl (C=O) groups is 1. The standard InChI is InChI=1S/C19H25N3O/c1-14-6-7-15-13-18(20-17(15)12-14)19(23)22-10-8-21(9-11-22)16-4-2-3-5-16/h6-7,12-13,16,20H,2-5,8-11H2,1H3. The third-order valence-electron chi connectivity index (χ3n) is 5.45. The van der Waals surface area contributed by atoms with Gasteiger partial charge in [0.15, 0.2) is 0 Å². The third-order valence-corrected chi connectivity index (χ3v) is 5.45. The van der Waals surface area contributed by atoms with Crippen LogP contribution in [0, 0.1) is 6.92 Å². The van der Waals surface area contributed by atoms with Crippen LogP contribution in [0.1, 0.15) is 41.7 Å². The van der Waals surface area contributed by atoms with E-state index in [0.29, 0.717) is 0 Å². The van der Waals surface area contributed by atoms with Crippen LogP contribution in [-0.4, -0.2) is 52.9 Å². The van der Waals surface area contributed by atoms with Gasteiger partial charge in [-0.3, -0.25) is 9.69 Å². The summed E-state index contributed by atoms with van der Waals surface area (Å²) in [4.78, 5) is 20.6. The molecule has 1 amide bonds. The molecule has 23 heavy (non-hydrogen) atoms. The van der Waals surface area contributed by atoms with Gasteiger partial charge in [0.25, 0.3) is 5.91 Å². The molecule has 4 nitrogen and oxygen atoms in total. The maximum Gasteiger partial charge on any atom is 0.270 e. The largest absolute Gasteiger partial charge is 0.351 e. The number of H-pyrrole nitrogens is 1. The number of carbonyl (C=O) groups excluding carboxylic acids is 1. The summed E-state index contributed by atoms with van der Waals surface area (Å²) in [6.45, 7) is 5.82. The van der Waals surface area contributed by atoms with Crippen LogP contribution >= 0.6 is 0 Å². The van der Waals surface area contributed by atoms with Crippen molar-refractivity contribution in [3.05, 3.63) is 35.5 Å². The molecule has 0 bridgehead atoms. The predicted molar refractivity (Wildman–Crippen MR) is 92.8 cm³/mol. The number of hydrogen-bond acceptors (Lipinski definition) is 2. The highest BCUT2D eigenvalue weighted by molar-refractivity contribution is 5.98. The molecule has 1 aliphatic heterocycles. The lowest BCUT2D eigenvalue weighted by Gasteiger charge is -2.37. The van der Waals surface area contributed by atoms with Crippen molar-refractivity contribution in [2.45, 2.75) is 38.6 Å². The molecule has 1 aromatic heterocycles. The second kappa shape index (κ2) is 6.00. The van der Waals surface area contributed by atoms with Crippen LogP contribution in [0.3, 0.4) is 0 Å². The first-order chi connectivity index (χ1) is 11.2. The number of benzene rings is 1. The number of amides is 1. The van der Waals surface area contributed by atoms with Crippen LogP contribution in [0.25, 0.3) is 10.9 Å². The molecular formula is C19H25N3O. The lowest BCUT2D eigenvalue weighted by molar-refractivity contribution is 0.0569. The molecule has 4 rings (SSSR count). The zero-order valence-electron chi connectivity index (χ0n) is 13.8. The maximum absolute atomic E-state index is 12.8. The number of nitrogens with zero attached hydrogens (tertiary/aromatic N) is 2. The van der Waals surface area contributed by atoms with Crippen molar-refractivity contribution in [3.8, 4) is 0 Å². The van der Waals surface area contributed by atoms with E-state index < -0.39 is 0 Å². The number of fused-ring (bicyclic) bond motifs is 1. The van der Waals surface area contributed by atoms with E-state index in [1.807, 2.05) is 11.0 Å². The fraction of sp³-hybridized carbons (Fsp3) is 0.526. The number of piperazine rings is 1. The Bertz CT molecular complexity index is 706. The van der Waals surface area contributed by atoms with Gasteiger partial charge in [-0.25, -0.2) is 0 Å². The minimum absolute atomic E-state index is 0.143. The van der Waals surface area contributed by atoms with E-state index in [0.717, 1.165) is 48.8 Å². The summed E-state index contributed by atoms with van der Waals surface area (Å²) in [5.41, 5.74) is 2.99. The summed E-state index contributed by atoms with van der Waals surface area (Å²) in [5, 5.41) is 1.11. The summed E-state index contributed by atoms with van der Waals surface area (Å²) >= 11 is 0. The van der Waals surface area contributed by atoms with Gasteiger partial charge in [-0.15, -0.1) is 0 Å². The lowest BCUT2D eigenvalue weighted by atomic mass is 10.1. The molecule has 1 aliphatic carbocycles. The zero-order chi connectivity index (χ0) is 15.8.